The van der Waals surface area contributed by atoms with Crippen molar-refractivity contribution in [1.82, 2.24) is 0 Å². The average Bonchev–Trinajstić information content (AvgIpc) is 2.62. The van der Waals surface area contributed by atoms with Crippen molar-refractivity contribution in [3.05, 3.63) is 53.8 Å². The van der Waals surface area contributed by atoms with Gasteiger partial charge in [-0.1, -0.05) is 46.8 Å². The molecule has 1 unspecified atom stereocenters. The number of halogens is 4. The molecule has 0 aliphatic heterocycles. The maximum Gasteiger partial charge on any atom is 0.534 e. The minimum atomic E-state index is -5.94. The van der Waals surface area contributed by atoms with Crippen LogP contribution in [0.15, 0.2) is 42.7 Å². The molecule has 1 aromatic rings. The number of ether oxygens (including phenoxy) is 1. The molecule has 0 aromatic heterocycles. The van der Waals surface area contributed by atoms with Gasteiger partial charge in [-0.3, -0.25) is 4.79 Å². The standard InChI is InChI=1S/C19H20BrF3O5S/c1-3-27-17(24)18(12-14-8-4-5-9-15(14)13(2)20)11-7-6-10-16(18)28-29(25,26)19(21,22)23/h4-5,8-10H,2-3,6-7,11-12H2,1H3. The Balaban J connectivity index is 2.59. The average molecular weight is 497 g/mol. The third-order valence-corrected chi connectivity index (χ3v) is 5.95. The van der Waals surface area contributed by atoms with Crippen LogP contribution in [0.5, 0.6) is 0 Å². The van der Waals surface area contributed by atoms with E-state index in [0.717, 1.165) is 0 Å². The van der Waals surface area contributed by atoms with Gasteiger partial charge in [-0.2, -0.15) is 21.6 Å². The van der Waals surface area contributed by atoms with Crippen LogP contribution >= 0.6 is 15.9 Å². The molecule has 29 heavy (non-hydrogen) atoms. The molecule has 0 spiro atoms. The second-order valence-electron chi connectivity index (χ2n) is 6.49. The van der Waals surface area contributed by atoms with E-state index in [1.165, 1.54) is 6.08 Å². The molecule has 10 heteroatoms. The number of hydrogen-bond donors (Lipinski definition) is 0. The first-order valence-corrected chi connectivity index (χ1v) is 11.0. The van der Waals surface area contributed by atoms with E-state index in [1.54, 1.807) is 31.2 Å². The van der Waals surface area contributed by atoms with Crippen molar-refractivity contribution in [2.75, 3.05) is 6.61 Å². The monoisotopic (exact) mass is 496 g/mol. The predicted octanol–water partition coefficient (Wildman–Crippen LogP) is 5.08. The van der Waals surface area contributed by atoms with E-state index in [-0.39, 0.29) is 25.9 Å². The molecule has 5 nitrogen and oxygen atoms in total. The van der Waals surface area contributed by atoms with Crippen LogP contribution in [0.2, 0.25) is 0 Å². The Morgan fingerprint density at radius 1 is 1.31 bits per heavy atom. The molecule has 0 heterocycles. The molecule has 0 fully saturated rings. The molecular weight excluding hydrogens is 477 g/mol. The number of hydrogen-bond acceptors (Lipinski definition) is 5. The second kappa shape index (κ2) is 8.91. The SMILES string of the molecule is C=C(Br)c1ccccc1CC1(C(=O)OCC)CCCC=C1OS(=O)(=O)C(F)(F)F. The van der Waals surface area contributed by atoms with Crippen molar-refractivity contribution in [2.45, 2.75) is 38.1 Å². The molecule has 0 N–H and O–H groups in total. The van der Waals surface area contributed by atoms with Gasteiger partial charge in [-0.05, 0) is 49.8 Å². The molecular formula is C19H20BrF3O5S. The van der Waals surface area contributed by atoms with Crippen molar-refractivity contribution >= 4 is 36.5 Å². The normalized spacial score (nSPS) is 20.0. The molecule has 2 rings (SSSR count). The Morgan fingerprint density at radius 2 is 1.97 bits per heavy atom. The zero-order valence-electron chi connectivity index (χ0n) is 15.6. The lowest BCUT2D eigenvalue weighted by Crippen LogP contribution is -2.41. The minimum absolute atomic E-state index is 0.0211. The van der Waals surface area contributed by atoms with E-state index in [1.807, 2.05) is 0 Å². The largest absolute Gasteiger partial charge is 0.534 e. The fraction of sp³-hybridized carbons (Fsp3) is 0.421. The number of benzene rings is 1. The summed E-state index contributed by atoms with van der Waals surface area (Å²) in [4.78, 5) is 12.9. The first-order chi connectivity index (χ1) is 13.4. The summed E-state index contributed by atoms with van der Waals surface area (Å²) in [6.45, 7) is 5.34. The molecule has 0 saturated heterocycles. The number of carbonyl (C=O) groups excluding carboxylic acids is 1. The number of esters is 1. The van der Waals surface area contributed by atoms with Gasteiger partial charge in [0.05, 0.1) is 6.61 Å². The summed E-state index contributed by atoms with van der Waals surface area (Å²) in [7, 11) is -5.94. The van der Waals surface area contributed by atoms with Crippen LogP contribution in [0, 0.1) is 5.41 Å². The summed E-state index contributed by atoms with van der Waals surface area (Å²) in [5, 5.41) is 0. The lowest BCUT2D eigenvalue weighted by atomic mass is 9.72. The van der Waals surface area contributed by atoms with Gasteiger partial charge in [-0.15, -0.1) is 0 Å². The third kappa shape index (κ3) is 5.03. The Morgan fingerprint density at radius 3 is 2.55 bits per heavy atom. The first kappa shape index (κ1) is 23.5. The van der Waals surface area contributed by atoms with Crippen LogP contribution in [0.1, 0.15) is 37.3 Å². The number of allylic oxidation sites excluding steroid dienone is 1. The van der Waals surface area contributed by atoms with Crippen LogP contribution in [0.3, 0.4) is 0 Å². The summed E-state index contributed by atoms with van der Waals surface area (Å²) >= 11 is 3.27. The topological polar surface area (TPSA) is 69.7 Å². The molecule has 1 aliphatic carbocycles. The Labute approximate surface area is 175 Å². The zero-order valence-corrected chi connectivity index (χ0v) is 18.0. The van der Waals surface area contributed by atoms with Crippen LogP contribution in [0.25, 0.3) is 4.48 Å². The van der Waals surface area contributed by atoms with Gasteiger partial charge in [0, 0.05) is 4.48 Å². The molecule has 0 bridgehead atoms. The summed E-state index contributed by atoms with van der Waals surface area (Å²) in [5.41, 5.74) is -6.10. The minimum Gasteiger partial charge on any atom is -0.465 e. The number of alkyl halides is 3. The first-order valence-electron chi connectivity index (χ1n) is 8.76. The summed E-state index contributed by atoms with van der Waals surface area (Å²) < 4.78 is 72.1. The maximum atomic E-state index is 12.9. The van der Waals surface area contributed by atoms with E-state index >= 15 is 0 Å². The van der Waals surface area contributed by atoms with Gasteiger partial charge in [0.2, 0.25) is 0 Å². The van der Waals surface area contributed by atoms with Crippen molar-refractivity contribution < 1.29 is 35.3 Å². The molecule has 0 radical (unpaired) electrons. The highest BCUT2D eigenvalue weighted by Gasteiger charge is 2.54. The van der Waals surface area contributed by atoms with Gasteiger partial charge >= 0.3 is 21.6 Å². The highest BCUT2D eigenvalue weighted by molar-refractivity contribution is 9.15. The summed E-state index contributed by atoms with van der Waals surface area (Å²) in [6, 6.07) is 6.86. The molecule has 160 valence electrons. The molecule has 1 atom stereocenters. The Hall–Kier alpha value is -1.81. The predicted molar refractivity (Wildman–Crippen MR) is 105 cm³/mol. The molecule has 1 aromatic carbocycles. The van der Waals surface area contributed by atoms with E-state index in [9.17, 15) is 26.4 Å². The van der Waals surface area contributed by atoms with E-state index in [0.29, 0.717) is 22.0 Å². The second-order valence-corrected chi connectivity index (χ2v) is 8.98. The van der Waals surface area contributed by atoms with Gasteiger partial charge in [0.15, 0.2) is 0 Å². The van der Waals surface area contributed by atoms with Crippen molar-refractivity contribution in [1.29, 1.82) is 0 Å². The lowest BCUT2D eigenvalue weighted by molar-refractivity contribution is -0.155. The van der Waals surface area contributed by atoms with E-state index in [4.69, 9.17) is 4.74 Å². The van der Waals surface area contributed by atoms with E-state index < -0.39 is 32.8 Å². The zero-order chi connectivity index (χ0) is 21.9. The number of rotatable bonds is 7. The van der Waals surface area contributed by atoms with Gasteiger partial charge in [-0.25, -0.2) is 0 Å². The van der Waals surface area contributed by atoms with Crippen molar-refractivity contribution in [3.8, 4) is 0 Å². The van der Waals surface area contributed by atoms with E-state index in [2.05, 4.69) is 26.7 Å². The molecule has 0 amide bonds. The quantitative estimate of drug-likeness (QED) is 0.299. The summed E-state index contributed by atoms with van der Waals surface area (Å²) in [5.74, 6) is -1.40. The highest BCUT2D eigenvalue weighted by Crippen LogP contribution is 2.45. The maximum absolute atomic E-state index is 12.9. The lowest BCUT2D eigenvalue weighted by Gasteiger charge is -2.36. The molecule has 0 saturated carbocycles. The van der Waals surface area contributed by atoms with Crippen LogP contribution < -0.4 is 0 Å². The Bertz CT molecular complexity index is 924. The fourth-order valence-electron chi connectivity index (χ4n) is 3.22. The van der Waals surface area contributed by atoms with Gasteiger partial charge in [0.1, 0.15) is 11.2 Å². The molecule has 1 aliphatic rings. The van der Waals surface area contributed by atoms with Gasteiger partial charge < -0.3 is 8.92 Å². The van der Waals surface area contributed by atoms with Gasteiger partial charge in [0.25, 0.3) is 0 Å². The fourth-order valence-corrected chi connectivity index (χ4v) is 4.16. The smallest absolute Gasteiger partial charge is 0.465 e. The van der Waals surface area contributed by atoms with Crippen molar-refractivity contribution in [2.24, 2.45) is 5.41 Å². The van der Waals surface area contributed by atoms with Crippen molar-refractivity contribution in [3.63, 3.8) is 0 Å². The summed E-state index contributed by atoms with van der Waals surface area (Å²) in [6.07, 6.45) is 1.92. The third-order valence-electron chi connectivity index (χ3n) is 4.56. The number of carbonyl (C=O) groups is 1. The van der Waals surface area contributed by atoms with Crippen LogP contribution in [-0.2, 0) is 30.3 Å². The highest BCUT2D eigenvalue weighted by atomic mass is 79.9. The van der Waals surface area contributed by atoms with Crippen LogP contribution in [-0.4, -0.2) is 26.5 Å². The van der Waals surface area contributed by atoms with Crippen LogP contribution in [0.4, 0.5) is 13.2 Å². The Kier molecular flexibility index (Phi) is 7.21.